The lowest BCUT2D eigenvalue weighted by Crippen LogP contribution is -2.36. The second kappa shape index (κ2) is 5.29. The Morgan fingerprint density at radius 1 is 1.47 bits per heavy atom. The molecule has 1 fully saturated rings. The van der Waals surface area contributed by atoms with E-state index in [1.807, 2.05) is 14.0 Å². The largest absolute Gasteiger partial charge is 0.372 e. The molecule has 0 aromatic carbocycles. The number of hydrogen-bond donors (Lipinski definition) is 1. The minimum atomic E-state index is -0.0346. The summed E-state index contributed by atoms with van der Waals surface area (Å²) in [5, 5.41) is 3.06. The normalized spacial score (nSPS) is 21.5. The van der Waals surface area contributed by atoms with Gasteiger partial charge in [-0.1, -0.05) is 0 Å². The summed E-state index contributed by atoms with van der Waals surface area (Å²) in [7, 11) is 3.93. The van der Waals surface area contributed by atoms with Crippen LogP contribution in [-0.2, 0) is 4.74 Å². The van der Waals surface area contributed by atoms with E-state index >= 15 is 0 Å². The zero-order valence-corrected chi connectivity index (χ0v) is 11.9. The predicted molar refractivity (Wildman–Crippen MR) is 70.2 cm³/mol. The van der Waals surface area contributed by atoms with Crippen molar-refractivity contribution >= 4 is 21.7 Å². The van der Waals surface area contributed by atoms with Crippen LogP contribution in [0.1, 0.15) is 17.6 Å². The smallest absolute Gasteiger partial charge is 0.161 e. The number of anilines is 1. The van der Waals surface area contributed by atoms with Gasteiger partial charge in [-0.05, 0) is 29.9 Å². The van der Waals surface area contributed by atoms with Crippen LogP contribution in [0, 0.1) is 6.92 Å². The molecule has 5 nitrogen and oxygen atoms in total. The van der Waals surface area contributed by atoms with E-state index in [4.69, 9.17) is 4.74 Å². The number of hydrogen-bond acceptors (Lipinski definition) is 5. The van der Waals surface area contributed by atoms with Gasteiger partial charge in [0, 0.05) is 20.1 Å². The van der Waals surface area contributed by atoms with Crippen molar-refractivity contribution in [2.75, 3.05) is 39.1 Å². The standard InChI is InChI=1S/C11H17BrN4O/c1-7-9(12)11(13-2)15-10(14-7)8-6-16(3)4-5-17-8/h8H,4-6H2,1-3H3,(H,13,14,15). The number of nitrogens with zero attached hydrogens (tertiary/aromatic N) is 3. The first-order valence-corrected chi connectivity index (χ1v) is 6.43. The summed E-state index contributed by atoms with van der Waals surface area (Å²) in [5.41, 5.74) is 0.927. The summed E-state index contributed by atoms with van der Waals surface area (Å²) in [4.78, 5) is 11.2. The molecule has 1 atom stereocenters. The number of ether oxygens (including phenoxy) is 1. The molecule has 17 heavy (non-hydrogen) atoms. The molecule has 1 N–H and O–H groups in total. The highest BCUT2D eigenvalue weighted by Gasteiger charge is 2.23. The third kappa shape index (κ3) is 2.75. The molecule has 2 rings (SSSR count). The Labute approximate surface area is 110 Å². The molecule has 0 spiro atoms. The summed E-state index contributed by atoms with van der Waals surface area (Å²) in [6.45, 7) is 4.49. The number of likely N-dealkylation sites (N-methyl/N-ethyl adjacent to an activating group) is 1. The molecule has 1 saturated heterocycles. The topological polar surface area (TPSA) is 50.3 Å². The first-order valence-electron chi connectivity index (χ1n) is 5.63. The molecule has 94 valence electrons. The van der Waals surface area contributed by atoms with Crippen LogP contribution >= 0.6 is 15.9 Å². The number of morpholine rings is 1. The molecule has 0 radical (unpaired) electrons. The Morgan fingerprint density at radius 3 is 2.88 bits per heavy atom. The maximum Gasteiger partial charge on any atom is 0.161 e. The van der Waals surface area contributed by atoms with E-state index in [1.54, 1.807) is 0 Å². The van der Waals surface area contributed by atoms with Crippen LogP contribution in [0.2, 0.25) is 0 Å². The highest BCUT2D eigenvalue weighted by atomic mass is 79.9. The molecule has 1 aliphatic heterocycles. The summed E-state index contributed by atoms with van der Waals surface area (Å²) in [6, 6.07) is 0. The van der Waals surface area contributed by atoms with E-state index in [1.165, 1.54) is 0 Å². The van der Waals surface area contributed by atoms with Gasteiger partial charge < -0.3 is 15.0 Å². The van der Waals surface area contributed by atoms with Crippen molar-refractivity contribution in [1.82, 2.24) is 14.9 Å². The van der Waals surface area contributed by atoms with Gasteiger partial charge in [0.1, 0.15) is 11.9 Å². The maximum absolute atomic E-state index is 5.72. The zero-order chi connectivity index (χ0) is 12.4. The third-order valence-corrected chi connectivity index (χ3v) is 3.78. The summed E-state index contributed by atoms with van der Waals surface area (Å²) in [5.74, 6) is 1.56. The molecule has 2 heterocycles. The summed E-state index contributed by atoms with van der Waals surface area (Å²) >= 11 is 3.47. The van der Waals surface area contributed by atoms with Crippen molar-refractivity contribution in [2.45, 2.75) is 13.0 Å². The van der Waals surface area contributed by atoms with E-state index in [-0.39, 0.29) is 6.10 Å². The first kappa shape index (κ1) is 12.7. The number of rotatable bonds is 2. The average molecular weight is 301 g/mol. The quantitative estimate of drug-likeness (QED) is 0.899. The molecule has 0 bridgehead atoms. The van der Waals surface area contributed by atoms with Crippen LogP contribution in [0.15, 0.2) is 4.47 Å². The highest BCUT2D eigenvalue weighted by molar-refractivity contribution is 9.10. The average Bonchev–Trinajstić information content (AvgIpc) is 2.32. The van der Waals surface area contributed by atoms with Gasteiger partial charge >= 0.3 is 0 Å². The van der Waals surface area contributed by atoms with E-state index < -0.39 is 0 Å². The van der Waals surface area contributed by atoms with E-state index in [2.05, 4.69) is 43.2 Å². The van der Waals surface area contributed by atoms with Crippen LogP contribution in [0.25, 0.3) is 0 Å². The van der Waals surface area contributed by atoms with Gasteiger partial charge in [-0.3, -0.25) is 0 Å². The van der Waals surface area contributed by atoms with Crippen molar-refractivity contribution in [3.8, 4) is 0 Å². The fraction of sp³-hybridized carbons (Fsp3) is 0.636. The minimum Gasteiger partial charge on any atom is -0.372 e. The molecule has 0 amide bonds. The van der Waals surface area contributed by atoms with Gasteiger partial charge in [0.05, 0.1) is 16.8 Å². The van der Waals surface area contributed by atoms with E-state index in [0.717, 1.165) is 41.5 Å². The SMILES string of the molecule is CNc1nc(C2CN(C)CCO2)nc(C)c1Br. The first-order chi connectivity index (χ1) is 8.11. The van der Waals surface area contributed by atoms with Crippen LogP contribution in [0.5, 0.6) is 0 Å². The lowest BCUT2D eigenvalue weighted by atomic mass is 10.2. The number of aryl methyl sites for hydroxylation is 1. The van der Waals surface area contributed by atoms with Gasteiger partial charge in [0.25, 0.3) is 0 Å². The molecule has 0 saturated carbocycles. The Hall–Kier alpha value is -0.720. The third-order valence-electron chi connectivity index (χ3n) is 2.83. The number of aromatic nitrogens is 2. The van der Waals surface area contributed by atoms with Crippen LogP contribution in [-0.4, -0.2) is 48.7 Å². The maximum atomic E-state index is 5.72. The van der Waals surface area contributed by atoms with Gasteiger partial charge in [0.15, 0.2) is 5.82 Å². The second-order valence-electron chi connectivity index (χ2n) is 4.20. The molecule has 1 aliphatic rings. The van der Waals surface area contributed by atoms with Gasteiger partial charge in [0.2, 0.25) is 0 Å². The van der Waals surface area contributed by atoms with Gasteiger partial charge in [-0.25, -0.2) is 9.97 Å². The monoisotopic (exact) mass is 300 g/mol. The van der Waals surface area contributed by atoms with Gasteiger partial charge in [-0.2, -0.15) is 0 Å². The lowest BCUT2D eigenvalue weighted by molar-refractivity contribution is -0.0255. The van der Waals surface area contributed by atoms with Crippen LogP contribution in [0.3, 0.4) is 0 Å². The van der Waals surface area contributed by atoms with Crippen LogP contribution < -0.4 is 5.32 Å². The second-order valence-corrected chi connectivity index (χ2v) is 4.99. The fourth-order valence-corrected chi connectivity index (χ4v) is 2.20. The molecule has 1 unspecified atom stereocenters. The van der Waals surface area contributed by atoms with Crippen LogP contribution in [0.4, 0.5) is 5.82 Å². The number of nitrogens with one attached hydrogen (secondary N) is 1. The van der Waals surface area contributed by atoms with E-state index in [0.29, 0.717) is 0 Å². The highest BCUT2D eigenvalue weighted by Crippen LogP contribution is 2.26. The van der Waals surface area contributed by atoms with Crippen molar-refractivity contribution in [3.63, 3.8) is 0 Å². The molecular weight excluding hydrogens is 284 g/mol. The van der Waals surface area contributed by atoms with Crippen molar-refractivity contribution in [1.29, 1.82) is 0 Å². The molecule has 0 aliphatic carbocycles. The Morgan fingerprint density at radius 2 is 2.24 bits per heavy atom. The minimum absolute atomic E-state index is 0.0346. The Kier molecular flexibility index (Phi) is 3.96. The predicted octanol–water partition coefficient (Wildman–Crippen LogP) is 1.59. The lowest BCUT2D eigenvalue weighted by Gasteiger charge is -2.29. The molecule has 1 aromatic heterocycles. The van der Waals surface area contributed by atoms with Crippen molar-refractivity contribution in [3.05, 3.63) is 16.0 Å². The Balaban J connectivity index is 2.29. The van der Waals surface area contributed by atoms with Crippen molar-refractivity contribution in [2.24, 2.45) is 0 Å². The summed E-state index contributed by atoms with van der Waals surface area (Å²) in [6.07, 6.45) is -0.0346. The fourth-order valence-electron chi connectivity index (χ4n) is 1.82. The molecule has 6 heteroatoms. The Bertz CT molecular complexity index is 413. The molecule has 1 aromatic rings. The van der Waals surface area contributed by atoms with Gasteiger partial charge in [-0.15, -0.1) is 0 Å². The molecular formula is C11H17BrN4O. The van der Waals surface area contributed by atoms with Crippen molar-refractivity contribution < 1.29 is 4.74 Å². The van der Waals surface area contributed by atoms with E-state index in [9.17, 15) is 0 Å². The summed E-state index contributed by atoms with van der Waals surface area (Å²) < 4.78 is 6.63. The number of halogens is 1. The zero-order valence-electron chi connectivity index (χ0n) is 10.3.